The normalized spacial score (nSPS) is 23.4. The Morgan fingerprint density at radius 2 is 2.00 bits per heavy atom. The number of rotatable bonds is 4. The Morgan fingerprint density at radius 1 is 1.30 bits per heavy atom. The summed E-state index contributed by atoms with van der Waals surface area (Å²) in [7, 11) is 0. The Hall–Kier alpha value is -0.900. The molecule has 1 N–H and O–H groups in total. The molecule has 2 nitrogen and oxygen atoms in total. The fourth-order valence-electron chi connectivity index (χ4n) is 2.76. The molecule has 1 aliphatic carbocycles. The molecule has 1 aromatic carbocycles. The van der Waals surface area contributed by atoms with E-state index >= 15 is 0 Å². The van der Waals surface area contributed by atoms with Gasteiger partial charge in [-0.2, -0.15) is 0 Å². The Morgan fingerprint density at radius 3 is 2.60 bits per heavy atom. The SMILES string of the molecule is Cc1cnc(C(C)NC2CC(c3ccc(Cl)cc3)C2)s1. The van der Waals surface area contributed by atoms with Crippen LogP contribution in [-0.2, 0) is 0 Å². The molecule has 1 aromatic heterocycles. The number of thiazole rings is 1. The van der Waals surface area contributed by atoms with Crippen LogP contribution in [0.15, 0.2) is 30.5 Å². The molecule has 4 heteroatoms. The maximum Gasteiger partial charge on any atom is 0.109 e. The van der Waals surface area contributed by atoms with Crippen LogP contribution in [0.4, 0.5) is 0 Å². The minimum atomic E-state index is 0.352. The first kappa shape index (κ1) is 14.1. The zero-order valence-corrected chi connectivity index (χ0v) is 13.3. The molecule has 1 saturated carbocycles. The number of aryl methyl sites for hydroxylation is 1. The third-order valence-electron chi connectivity index (χ3n) is 3.97. The van der Waals surface area contributed by atoms with Crippen molar-refractivity contribution >= 4 is 22.9 Å². The third-order valence-corrected chi connectivity index (χ3v) is 5.32. The standard InChI is InChI=1S/C16H19ClN2S/c1-10-9-18-16(20-10)11(2)19-15-7-13(8-15)12-3-5-14(17)6-4-12/h3-6,9,11,13,15,19H,7-8H2,1-2H3. The van der Waals surface area contributed by atoms with E-state index in [2.05, 4.69) is 36.3 Å². The van der Waals surface area contributed by atoms with E-state index < -0.39 is 0 Å². The highest BCUT2D eigenvalue weighted by Gasteiger charge is 2.31. The molecule has 106 valence electrons. The van der Waals surface area contributed by atoms with Crippen LogP contribution in [0.3, 0.4) is 0 Å². The number of benzene rings is 1. The smallest absolute Gasteiger partial charge is 0.109 e. The summed E-state index contributed by atoms with van der Waals surface area (Å²) in [6.45, 7) is 4.31. The molecule has 0 spiro atoms. The maximum atomic E-state index is 5.93. The molecular formula is C16H19ClN2S. The van der Waals surface area contributed by atoms with Crippen LogP contribution in [-0.4, -0.2) is 11.0 Å². The number of aromatic nitrogens is 1. The highest BCUT2D eigenvalue weighted by molar-refractivity contribution is 7.11. The van der Waals surface area contributed by atoms with Crippen LogP contribution in [0.2, 0.25) is 5.02 Å². The number of halogens is 1. The molecule has 1 atom stereocenters. The predicted molar refractivity (Wildman–Crippen MR) is 85.6 cm³/mol. The number of nitrogens with zero attached hydrogens (tertiary/aromatic N) is 1. The Kier molecular flexibility index (Phi) is 4.11. The minimum absolute atomic E-state index is 0.352. The topological polar surface area (TPSA) is 24.9 Å². The van der Waals surface area contributed by atoms with Crippen LogP contribution in [0.1, 0.15) is 47.2 Å². The second kappa shape index (κ2) is 5.84. The molecule has 1 aliphatic rings. The lowest BCUT2D eigenvalue weighted by atomic mass is 9.75. The van der Waals surface area contributed by atoms with Crippen molar-refractivity contribution in [2.45, 2.75) is 44.7 Å². The van der Waals surface area contributed by atoms with Crippen molar-refractivity contribution in [3.63, 3.8) is 0 Å². The maximum absolute atomic E-state index is 5.93. The van der Waals surface area contributed by atoms with E-state index in [-0.39, 0.29) is 0 Å². The third kappa shape index (κ3) is 3.05. The van der Waals surface area contributed by atoms with Crippen molar-refractivity contribution < 1.29 is 0 Å². The molecule has 0 amide bonds. The first-order valence-electron chi connectivity index (χ1n) is 7.05. The average Bonchev–Trinajstić information content (AvgIpc) is 2.81. The summed E-state index contributed by atoms with van der Waals surface area (Å²) in [5.74, 6) is 0.676. The summed E-state index contributed by atoms with van der Waals surface area (Å²) in [6.07, 6.45) is 4.36. The number of hydrogen-bond acceptors (Lipinski definition) is 3. The minimum Gasteiger partial charge on any atom is -0.305 e. The van der Waals surface area contributed by atoms with Crippen LogP contribution >= 0.6 is 22.9 Å². The molecule has 0 aliphatic heterocycles. The Bertz CT molecular complexity index is 572. The molecule has 0 bridgehead atoms. The lowest BCUT2D eigenvalue weighted by Gasteiger charge is -2.37. The summed E-state index contributed by atoms with van der Waals surface area (Å²) in [5.41, 5.74) is 1.41. The van der Waals surface area contributed by atoms with E-state index in [0.717, 1.165) is 5.02 Å². The van der Waals surface area contributed by atoms with Crippen LogP contribution in [0, 0.1) is 6.92 Å². The fraction of sp³-hybridized carbons (Fsp3) is 0.438. The van der Waals surface area contributed by atoms with Gasteiger partial charge in [-0.15, -0.1) is 11.3 Å². The van der Waals surface area contributed by atoms with Gasteiger partial charge in [0.25, 0.3) is 0 Å². The number of nitrogens with one attached hydrogen (secondary N) is 1. The van der Waals surface area contributed by atoms with Crippen LogP contribution in [0.5, 0.6) is 0 Å². The lowest BCUT2D eigenvalue weighted by molar-refractivity contribution is 0.270. The van der Waals surface area contributed by atoms with Gasteiger partial charge >= 0.3 is 0 Å². The van der Waals surface area contributed by atoms with Crippen molar-refractivity contribution in [3.8, 4) is 0 Å². The van der Waals surface area contributed by atoms with E-state index in [9.17, 15) is 0 Å². The summed E-state index contributed by atoms with van der Waals surface area (Å²) >= 11 is 7.71. The highest BCUT2D eigenvalue weighted by Crippen LogP contribution is 2.38. The van der Waals surface area contributed by atoms with Gasteiger partial charge in [-0.3, -0.25) is 0 Å². The van der Waals surface area contributed by atoms with E-state index in [1.54, 1.807) is 11.3 Å². The van der Waals surface area contributed by atoms with Crippen molar-refractivity contribution in [1.82, 2.24) is 10.3 Å². The molecule has 3 rings (SSSR count). The van der Waals surface area contributed by atoms with Gasteiger partial charge in [-0.25, -0.2) is 4.98 Å². The van der Waals surface area contributed by atoms with Crippen LogP contribution in [0.25, 0.3) is 0 Å². The van der Waals surface area contributed by atoms with Gasteiger partial charge < -0.3 is 5.32 Å². The second-order valence-corrected chi connectivity index (χ2v) is 7.32. The molecule has 2 aromatic rings. The van der Waals surface area contributed by atoms with E-state index in [1.807, 2.05) is 18.3 Å². The summed E-state index contributed by atoms with van der Waals surface area (Å²) < 4.78 is 0. The number of hydrogen-bond donors (Lipinski definition) is 1. The molecule has 1 heterocycles. The molecule has 0 saturated heterocycles. The van der Waals surface area contributed by atoms with Crippen molar-refractivity contribution in [3.05, 3.63) is 50.9 Å². The van der Waals surface area contributed by atoms with Gasteiger partial charge in [0.1, 0.15) is 5.01 Å². The van der Waals surface area contributed by atoms with Crippen molar-refractivity contribution in [2.24, 2.45) is 0 Å². The lowest BCUT2D eigenvalue weighted by Crippen LogP contribution is -2.41. The molecule has 1 fully saturated rings. The van der Waals surface area contributed by atoms with Gasteiger partial charge in [0, 0.05) is 22.1 Å². The largest absolute Gasteiger partial charge is 0.305 e. The first-order valence-corrected chi connectivity index (χ1v) is 8.25. The second-order valence-electron chi connectivity index (χ2n) is 5.61. The quantitative estimate of drug-likeness (QED) is 0.885. The Balaban J connectivity index is 1.52. The average molecular weight is 307 g/mol. The van der Waals surface area contributed by atoms with Gasteiger partial charge in [0.05, 0.1) is 6.04 Å². The van der Waals surface area contributed by atoms with Crippen molar-refractivity contribution in [2.75, 3.05) is 0 Å². The summed E-state index contributed by atoms with van der Waals surface area (Å²) in [6, 6.07) is 9.23. The fourth-order valence-corrected chi connectivity index (χ4v) is 3.67. The summed E-state index contributed by atoms with van der Waals surface area (Å²) in [5, 5.41) is 5.69. The zero-order valence-electron chi connectivity index (χ0n) is 11.8. The predicted octanol–water partition coefficient (Wildman–Crippen LogP) is 4.70. The van der Waals surface area contributed by atoms with Crippen LogP contribution < -0.4 is 5.32 Å². The van der Waals surface area contributed by atoms with Gasteiger partial charge in [0.2, 0.25) is 0 Å². The zero-order chi connectivity index (χ0) is 14.1. The molecule has 1 unspecified atom stereocenters. The van der Waals surface area contributed by atoms with Gasteiger partial charge in [0.15, 0.2) is 0 Å². The Labute approximate surface area is 129 Å². The molecule has 0 radical (unpaired) electrons. The summed E-state index contributed by atoms with van der Waals surface area (Å²) in [4.78, 5) is 5.73. The highest BCUT2D eigenvalue weighted by atomic mass is 35.5. The monoisotopic (exact) mass is 306 g/mol. The first-order chi connectivity index (χ1) is 9.61. The van der Waals surface area contributed by atoms with Gasteiger partial charge in [-0.1, -0.05) is 23.7 Å². The van der Waals surface area contributed by atoms with E-state index in [1.165, 1.54) is 28.3 Å². The van der Waals surface area contributed by atoms with Gasteiger partial charge in [-0.05, 0) is 50.3 Å². The van der Waals surface area contributed by atoms with E-state index in [0.29, 0.717) is 18.0 Å². The van der Waals surface area contributed by atoms with Crippen molar-refractivity contribution in [1.29, 1.82) is 0 Å². The molecular weight excluding hydrogens is 288 g/mol. The molecule has 20 heavy (non-hydrogen) atoms. The van der Waals surface area contributed by atoms with E-state index in [4.69, 9.17) is 11.6 Å².